The number of rotatable bonds is 6. The Morgan fingerprint density at radius 2 is 1.93 bits per heavy atom. The van der Waals surface area contributed by atoms with Gasteiger partial charge < -0.3 is 9.64 Å². The quantitative estimate of drug-likeness (QED) is 0.288. The van der Waals surface area contributed by atoms with E-state index >= 15 is 4.39 Å². The highest BCUT2D eigenvalue weighted by Crippen LogP contribution is 2.49. The molecule has 2 aliphatic carbocycles. The Labute approximate surface area is 232 Å². The second-order valence-corrected chi connectivity index (χ2v) is 11.2. The average molecular weight is 539 g/mol. The fourth-order valence-electron chi connectivity index (χ4n) is 6.16. The molecule has 2 aromatic carbocycles. The lowest BCUT2D eigenvalue weighted by molar-refractivity contribution is -0.144. The van der Waals surface area contributed by atoms with Crippen molar-refractivity contribution in [2.75, 3.05) is 13.2 Å². The van der Waals surface area contributed by atoms with Gasteiger partial charge in [0.15, 0.2) is 0 Å². The Bertz CT molecular complexity index is 1660. The van der Waals surface area contributed by atoms with Gasteiger partial charge in [0, 0.05) is 24.0 Å². The van der Waals surface area contributed by atoms with Crippen LogP contribution in [0.1, 0.15) is 83.9 Å². The highest BCUT2D eigenvalue weighted by atomic mass is 19.1. The smallest absolute Gasteiger partial charge is 0.309 e. The third-order valence-electron chi connectivity index (χ3n) is 8.62. The van der Waals surface area contributed by atoms with E-state index in [9.17, 15) is 9.59 Å². The largest absolute Gasteiger partial charge is 0.466 e. The van der Waals surface area contributed by atoms with Crippen molar-refractivity contribution in [2.45, 2.75) is 57.4 Å². The second-order valence-electron chi connectivity index (χ2n) is 11.2. The monoisotopic (exact) mass is 538 g/mol. The molecule has 0 saturated heterocycles. The molecule has 1 amide bonds. The Hall–Kier alpha value is -4.07. The molecule has 2 aromatic heterocycles. The number of hydrogen-bond acceptors (Lipinski definition) is 5. The summed E-state index contributed by atoms with van der Waals surface area (Å²) < 4.78 is 22.4. The minimum absolute atomic E-state index is 0.00970. The first-order valence-electron chi connectivity index (χ1n) is 14.2. The molecule has 204 valence electrons. The van der Waals surface area contributed by atoms with Crippen LogP contribution in [0.3, 0.4) is 0 Å². The van der Waals surface area contributed by atoms with E-state index in [-0.39, 0.29) is 35.6 Å². The highest BCUT2D eigenvalue weighted by Gasteiger charge is 2.45. The average Bonchev–Trinajstić information content (AvgIpc) is 3.89. The predicted octanol–water partition coefficient (Wildman–Crippen LogP) is 5.84. The SMILES string of the molecule is CCOC(=O)[C@@H]1C[C@@H]1c1ccc(-c2cn3c(C4CC4)cc(C(=O)N4CCc5ccccc5[C@H]4C)nc3n2)c(F)c1. The van der Waals surface area contributed by atoms with Crippen molar-refractivity contribution in [1.82, 2.24) is 19.3 Å². The van der Waals surface area contributed by atoms with Gasteiger partial charge in [-0.15, -0.1) is 0 Å². The summed E-state index contributed by atoms with van der Waals surface area (Å²) in [6, 6.07) is 15.2. The van der Waals surface area contributed by atoms with E-state index in [2.05, 4.69) is 29.0 Å². The molecule has 0 radical (unpaired) electrons. The van der Waals surface area contributed by atoms with Crippen LogP contribution in [-0.2, 0) is 16.0 Å². The maximum absolute atomic E-state index is 15.4. The normalized spacial score (nSPS) is 21.8. The molecule has 2 fully saturated rings. The topological polar surface area (TPSA) is 76.8 Å². The number of carbonyl (C=O) groups is 2. The van der Waals surface area contributed by atoms with Crippen molar-refractivity contribution in [3.63, 3.8) is 0 Å². The molecule has 0 unspecified atom stereocenters. The molecule has 1 aliphatic heterocycles. The van der Waals surface area contributed by atoms with Crippen molar-refractivity contribution < 1.29 is 18.7 Å². The summed E-state index contributed by atoms with van der Waals surface area (Å²) in [4.78, 5) is 37.0. The molecular weight excluding hydrogens is 507 g/mol. The van der Waals surface area contributed by atoms with E-state index in [0.717, 1.165) is 30.5 Å². The third-order valence-corrected chi connectivity index (χ3v) is 8.62. The van der Waals surface area contributed by atoms with Crippen molar-refractivity contribution in [3.8, 4) is 11.3 Å². The van der Waals surface area contributed by atoms with Gasteiger partial charge in [-0.1, -0.05) is 30.3 Å². The number of amides is 1. The van der Waals surface area contributed by atoms with E-state index in [0.29, 0.717) is 48.2 Å². The zero-order valence-corrected chi connectivity index (χ0v) is 22.6. The molecule has 3 aliphatic rings. The third kappa shape index (κ3) is 4.26. The van der Waals surface area contributed by atoms with Gasteiger partial charge in [0.2, 0.25) is 5.78 Å². The summed E-state index contributed by atoms with van der Waals surface area (Å²) in [5.41, 5.74) is 5.47. The fourth-order valence-corrected chi connectivity index (χ4v) is 6.16. The number of carbonyl (C=O) groups excluding carboxylic acids is 2. The van der Waals surface area contributed by atoms with Crippen LogP contribution < -0.4 is 0 Å². The summed E-state index contributed by atoms with van der Waals surface area (Å²) in [5.74, 6) is -0.180. The number of halogens is 1. The molecule has 3 heterocycles. The van der Waals surface area contributed by atoms with E-state index in [1.54, 1.807) is 13.0 Å². The van der Waals surface area contributed by atoms with Crippen molar-refractivity contribution in [3.05, 3.63) is 88.6 Å². The van der Waals surface area contributed by atoms with Crippen LogP contribution >= 0.6 is 0 Å². The lowest BCUT2D eigenvalue weighted by Crippen LogP contribution is -2.39. The minimum atomic E-state index is -0.388. The Kier molecular flexibility index (Phi) is 5.95. The van der Waals surface area contributed by atoms with Gasteiger partial charge in [-0.05, 0) is 86.3 Å². The van der Waals surface area contributed by atoms with E-state index in [1.165, 1.54) is 17.2 Å². The number of ether oxygens (including phenoxy) is 1. The Morgan fingerprint density at radius 3 is 2.70 bits per heavy atom. The van der Waals surface area contributed by atoms with Gasteiger partial charge in [0.1, 0.15) is 11.5 Å². The molecule has 3 atom stereocenters. The molecule has 2 saturated carbocycles. The Morgan fingerprint density at radius 1 is 1.10 bits per heavy atom. The molecule has 8 heteroatoms. The lowest BCUT2D eigenvalue weighted by Gasteiger charge is -2.35. The van der Waals surface area contributed by atoms with Gasteiger partial charge >= 0.3 is 5.97 Å². The van der Waals surface area contributed by atoms with Crippen LogP contribution in [0.15, 0.2) is 54.7 Å². The second kappa shape index (κ2) is 9.54. The first kappa shape index (κ1) is 24.9. The van der Waals surface area contributed by atoms with E-state index in [4.69, 9.17) is 4.74 Å². The summed E-state index contributed by atoms with van der Waals surface area (Å²) in [7, 11) is 0. The summed E-state index contributed by atoms with van der Waals surface area (Å²) in [6.07, 6.45) is 5.40. The zero-order chi connectivity index (χ0) is 27.5. The number of aromatic nitrogens is 3. The van der Waals surface area contributed by atoms with E-state index in [1.807, 2.05) is 39.8 Å². The number of esters is 1. The van der Waals surface area contributed by atoms with Gasteiger partial charge in [0.25, 0.3) is 5.91 Å². The maximum Gasteiger partial charge on any atom is 0.309 e. The van der Waals surface area contributed by atoms with Crippen LogP contribution in [0, 0.1) is 11.7 Å². The molecule has 7 nitrogen and oxygen atoms in total. The van der Waals surface area contributed by atoms with Crippen LogP contribution in [0.5, 0.6) is 0 Å². The van der Waals surface area contributed by atoms with Crippen molar-refractivity contribution in [2.24, 2.45) is 5.92 Å². The van der Waals surface area contributed by atoms with Crippen LogP contribution in [0.2, 0.25) is 0 Å². The van der Waals surface area contributed by atoms with Crippen molar-refractivity contribution in [1.29, 1.82) is 0 Å². The summed E-state index contributed by atoms with van der Waals surface area (Å²) >= 11 is 0. The van der Waals surface area contributed by atoms with Gasteiger partial charge in [-0.2, -0.15) is 0 Å². The van der Waals surface area contributed by atoms with Crippen molar-refractivity contribution >= 4 is 17.7 Å². The zero-order valence-electron chi connectivity index (χ0n) is 22.6. The van der Waals surface area contributed by atoms with Crippen LogP contribution in [0.25, 0.3) is 17.0 Å². The maximum atomic E-state index is 15.4. The highest BCUT2D eigenvalue weighted by molar-refractivity contribution is 5.93. The minimum Gasteiger partial charge on any atom is -0.466 e. The van der Waals surface area contributed by atoms with Gasteiger partial charge in [0.05, 0.1) is 24.3 Å². The number of benzene rings is 2. The Balaban J connectivity index is 1.20. The van der Waals surface area contributed by atoms with Gasteiger partial charge in [-0.3, -0.25) is 14.0 Å². The number of fused-ring (bicyclic) bond motifs is 2. The van der Waals surface area contributed by atoms with Crippen LogP contribution in [0.4, 0.5) is 4.39 Å². The number of nitrogens with zero attached hydrogens (tertiary/aromatic N) is 4. The predicted molar refractivity (Wildman–Crippen MR) is 147 cm³/mol. The molecule has 0 spiro atoms. The standard InChI is InChI=1S/C32H31FN4O3/c1-3-40-31(39)25-15-24(25)21-10-11-23(26(33)14-21)28-17-37-29(20-8-9-20)16-27(34-32(37)35-28)30(38)36-13-12-19-6-4-5-7-22(19)18(36)2/h4-7,10-11,14,16-18,20,24-25H,3,8-9,12-13,15H2,1-2H3/t18-,24-,25-/m1/s1. The summed E-state index contributed by atoms with van der Waals surface area (Å²) in [6.45, 7) is 4.83. The molecule has 0 bridgehead atoms. The number of imidazole rings is 1. The van der Waals surface area contributed by atoms with Crippen LogP contribution in [-0.4, -0.2) is 44.3 Å². The summed E-state index contributed by atoms with van der Waals surface area (Å²) in [5, 5.41) is 0. The van der Waals surface area contributed by atoms with Gasteiger partial charge in [-0.25, -0.2) is 14.4 Å². The molecule has 40 heavy (non-hydrogen) atoms. The molecular formula is C32H31FN4O3. The first-order chi connectivity index (χ1) is 19.4. The molecule has 4 aromatic rings. The fraction of sp³-hybridized carbons (Fsp3) is 0.375. The van der Waals surface area contributed by atoms with E-state index < -0.39 is 0 Å². The molecule has 0 N–H and O–H groups in total. The molecule has 7 rings (SSSR count). The first-order valence-corrected chi connectivity index (χ1v) is 14.2. The number of hydrogen-bond donors (Lipinski definition) is 0. The lowest BCUT2D eigenvalue weighted by atomic mass is 9.93.